The molecule has 1 aliphatic heterocycles. The first kappa shape index (κ1) is 14.2. The van der Waals surface area contributed by atoms with Gasteiger partial charge < -0.3 is 19.8 Å². The molecule has 0 unspecified atom stereocenters. The highest BCUT2D eigenvalue weighted by Crippen LogP contribution is 2.24. The van der Waals surface area contributed by atoms with Crippen molar-refractivity contribution in [2.24, 2.45) is 5.92 Å². The lowest BCUT2D eigenvalue weighted by atomic mass is 9.97. The summed E-state index contributed by atoms with van der Waals surface area (Å²) in [5.74, 6) is -0.332. The van der Waals surface area contributed by atoms with Crippen molar-refractivity contribution >= 4 is 17.5 Å². The third-order valence-electron chi connectivity index (χ3n) is 3.40. The highest BCUT2D eigenvalue weighted by molar-refractivity contribution is 5.72. The van der Waals surface area contributed by atoms with Gasteiger partial charge in [0.25, 0.3) is 0 Å². The summed E-state index contributed by atoms with van der Waals surface area (Å²) in [7, 11) is 0. The second-order valence-corrected chi connectivity index (χ2v) is 4.65. The van der Waals surface area contributed by atoms with E-state index in [0.717, 1.165) is 31.6 Å². The molecule has 0 aliphatic carbocycles. The number of nitro groups is 1. The van der Waals surface area contributed by atoms with Crippen molar-refractivity contribution in [3.63, 3.8) is 0 Å². The molecule has 1 saturated heterocycles. The van der Waals surface area contributed by atoms with E-state index >= 15 is 0 Å². The van der Waals surface area contributed by atoms with Gasteiger partial charge in [0.15, 0.2) is 6.20 Å². The van der Waals surface area contributed by atoms with Crippen LogP contribution in [0.25, 0.3) is 0 Å². The molecule has 7 nitrogen and oxygen atoms in total. The zero-order valence-corrected chi connectivity index (χ0v) is 11.3. The SMILES string of the molecule is CCOC(=O)C1CCN(c2ccc([N+](=O)[O-])nc2)CC1. The minimum Gasteiger partial charge on any atom is -0.466 e. The molecule has 1 aromatic heterocycles. The van der Waals surface area contributed by atoms with Crippen LogP contribution in [-0.4, -0.2) is 35.6 Å². The van der Waals surface area contributed by atoms with E-state index in [1.807, 2.05) is 0 Å². The molecule has 0 N–H and O–H groups in total. The van der Waals surface area contributed by atoms with Gasteiger partial charge >= 0.3 is 11.8 Å². The molecule has 0 atom stereocenters. The molecule has 0 spiro atoms. The van der Waals surface area contributed by atoms with E-state index in [-0.39, 0.29) is 17.7 Å². The van der Waals surface area contributed by atoms with Gasteiger partial charge in [-0.15, -0.1) is 0 Å². The van der Waals surface area contributed by atoms with Gasteiger partial charge in [-0.2, -0.15) is 0 Å². The Bertz CT molecular complexity index is 481. The molecule has 20 heavy (non-hydrogen) atoms. The van der Waals surface area contributed by atoms with Gasteiger partial charge in [0.1, 0.15) is 0 Å². The average molecular weight is 279 g/mol. The molecule has 1 fully saturated rings. The molecule has 1 aliphatic rings. The fourth-order valence-corrected chi connectivity index (χ4v) is 2.31. The zero-order chi connectivity index (χ0) is 14.5. The Balaban J connectivity index is 1.93. The topological polar surface area (TPSA) is 85.6 Å². The molecule has 2 rings (SSSR count). The van der Waals surface area contributed by atoms with Gasteiger partial charge in [-0.25, -0.2) is 0 Å². The number of esters is 1. The lowest BCUT2D eigenvalue weighted by Crippen LogP contribution is -2.37. The Kier molecular flexibility index (Phi) is 4.49. The Hall–Kier alpha value is -2.18. The van der Waals surface area contributed by atoms with E-state index in [1.165, 1.54) is 12.3 Å². The number of pyridine rings is 1. The fourth-order valence-electron chi connectivity index (χ4n) is 2.31. The Morgan fingerprint density at radius 2 is 2.20 bits per heavy atom. The van der Waals surface area contributed by atoms with E-state index in [1.54, 1.807) is 13.0 Å². The van der Waals surface area contributed by atoms with E-state index in [0.29, 0.717) is 6.61 Å². The molecule has 1 aromatic rings. The normalized spacial score (nSPS) is 15.9. The third-order valence-corrected chi connectivity index (χ3v) is 3.40. The minimum absolute atomic E-state index is 0.0443. The summed E-state index contributed by atoms with van der Waals surface area (Å²) in [6, 6.07) is 3.09. The average Bonchev–Trinajstić information content (AvgIpc) is 2.48. The van der Waals surface area contributed by atoms with Crippen LogP contribution in [-0.2, 0) is 9.53 Å². The minimum atomic E-state index is -0.517. The van der Waals surface area contributed by atoms with Crippen molar-refractivity contribution in [3.8, 4) is 0 Å². The van der Waals surface area contributed by atoms with E-state index in [2.05, 4.69) is 9.88 Å². The highest BCUT2D eigenvalue weighted by atomic mass is 16.6. The number of ether oxygens (including phenoxy) is 1. The van der Waals surface area contributed by atoms with Gasteiger partial charge in [0, 0.05) is 19.2 Å². The van der Waals surface area contributed by atoms with Crippen LogP contribution in [0.5, 0.6) is 0 Å². The van der Waals surface area contributed by atoms with Gasteiger partial charge in [-0.1, -0.05) is 0 Å². The number of piperidine rings is 1. The predicted octanol–water partition coefficient (Wildman–Crippen LogP) is 1.77. The van der Waals surface area contributed by atoms with Crippen LogP contribution in [0, 0.1) is 16.0 Å². The van der Waals surface area contributed by atoms with Gasteiger partial charge in [0.2, 0.25) is 0 Å². The first-order valence-electron chi connectivity index (χ1n) is 6.64. The summed E-state index contributed by atoms with van der Waals surface area (Å²) in [5.41, 5.74) is 0.845. The van der Waals surface area contributed by atoms with Crippen molar-refractivity contribution in [1.29, 1.82) is 0 Å². The quantitative estimate of drug-likeness (QED) is 0.474. The summed E-state index contributed by atoms with van der Waals surface area (Å²) >= 11 is 0. The van der Waals surface area contributed by atoms with E-state index < -0.39 is 4.92 Å². The highest BCUT2D eigenvalue weighted by Gasteiger charge is 2.26. The molecule has 0 aromatic carbocycles. The summed E-state index contributed by atoms with van der Waals surface area (Å²) in [4.78, 5) is 27.5. The predicted molar refractivity (Wildman–Crippen MR) is 72.5 cm³/mol. The lowest BCUT2D eigenvalue weighted by Gasteiger charge is -2.31. The van der Waals surface area contributed by atoms with Crippen LogP contribution in [0.3, 0.4) is 0 Å². The van der Waals surface area contributed by atoms with Crippen molar-refractivity contribution in [1.82, 2.24) is 4.98 Å². The Labute approximate surface area is 116 Å². The van der Waals surface area contributed by atoms with Crippen LogP contribution in [0.2, 0.25) is 0 Å². The van der Waals surface area contributed by atoms with Crippen molar-refractivity contribution in [2.45, 2.75) is 19.8 Å². The number of hydrogen-bond donors (Lipinski definition) is 0. The van der Waals surface area contributed by atoms with Crippen molar-refractivity contribution in [3.05, 3.63) is 28.4 Å². The number of rotatable bonds is 4. The standard InChI is InChI=1S/C13H17N3O4/c1-2-20-13(17)10-5-7-15(8-6-10)11-3-4-12(14-9-11)16(18)19/h3-4,9-10H,2,5-8H2,1H3. The maximum Gasteiger partial charge on any atom is 0.363 e. The third kappa shape index (κ3) is 3.23. The van der Waals surface area contributed by atoms with Crippen molar-refractivity contribution < 1.29 is 14.5 Å². The number of carbonyl (C=O) groups excluding carboxylic acids is 1. The molecule has 2 heterocycles. The fraction of sp³-hybridized carbons (Fsp3) is 0.538. The summed E-state index contributed by atoms with van der Waals surface area (Å²) in [6.45, 7) is 3.66. The lowest BCUT2D eigenvalue weighted by molar-refractivity contribution is -0.389. The monoisotopic (exact) mass is 279 g/mol. The van der Waals surface area contributed by atoms with Gasteiger partial charge in [0.05, 0.1) is 18.2 Å². The van der Waals surface area contributed by atoms with Crippen LogP contribution in [0.1, 0.15) is 19.8 Å². The van der Waals surface area contributed by atoms with Crippen LogP contribution in [0.15, 0.2) is 18.3 Å². The number of aromatic nitrogens is 1. The Morgan fingerprint density at radius 3 is 2.70 bits per heavy atom. The van der Waals surface area contributed by atoms with Crippen LogP contribution >= 0.6 is 0 Å². The second-order valence-electron chi connectivity index (χ2n) is 4.65. The Morgan fingerprint density at radius 1 is 1.50 bits per heavy atom. The van der Waals surface area contributed by atoms with Crippen molar-refractivity contribution in [2.75, 3.05) is 24.6 Å². The zero-order valence-electron chi connectivity index (χ0n) is 11.3. The number of anilines is 1. The number of carbonyl (C=O) groups is 1. The smallest absolute Gasteiger partial charge is 0.363 e. The molecular formula is C13H17N3O4. The van der Waals surface area contributed by atoms with E-state index in [4.69, 9.17) is 4.74 Å². The van der Waals surface area contributed by atoms with Gasteiger partial charge in [-0.3, -0.25) is 4.79 Å². The summed E-state index contributed by atoms with van der Waals surface area (Å²) in [6.07, 6.45) is 2.97. The molecular weight excluding hydrogens is 262 g/mol. The molecule has 7 heteroatoms. The number of hydrogen-bond acceptors (Lipinski definition) is 6. The maximum absolute atomic E-state index is 11.6. The summed E-state index contributed by atoms with van der Waals surface area (Å²) in [5, 5.41) is 10.5. The molecule has 0 radical (unpaired) electrons. The molecule has 0 bridgehead atoms. The molecule has 108 valence electrons. The summed E-state index contributed by atoms with van der Waals surface area (Å²) < 4.78 is 5.02. The van der Waals surface area contributed by atoms with Crippen LogP contribution in [0.4, 0.5) is 11.5 Å². The first-order chi connectivity index (χ1) is 9.61. The van der Waals surface area contributed by atoms with E-state index in [9.17, 15) is 14.9 Å². The van der Waals surface area contributed by atoms with Gasteiger partial charge in [-0.05, 0) is 35.7 Å². The molecule has 0 saturated carbocycles. The first-order valence-corrected chi connectivity index (χ1v) is 6.64. The molecule has 0 amide bonds. The second kappa shape index (κ2) is 6.31. The number of nitrogens with zero attached hydrogens (tertiary/aromatic N) is 3. The largest absolute Gasteiger partial charge is 0.466 e. The van der Waals surface area contributed by atoms with Crippen LogP contribution < -0.4 is 4.90 Å². The maximum atomic E-state index is 11.6.